The van der Waals surface area contributed by atoms with Crippen LogP contribution in [0.4, 0.5) is 18.9 Å². The predicted octanol–water partition coefficient (Wildman–Crippen LogP) is 5.07. The van der Waals surface area contributed by atoms with Crippen LogP contribution in [0.1, 0.15) is 54.2 Å². The number of halogens is 3. The second-order valence-corrected chi connectivity index (χ2v) is 8.34. The first-order chi connectivity index (χ1) is 14.7. The van der Waals surface area contributed by atoms with Crippen LogP contribution in [0.15, 0.2) is 48.8 Å². The van der Waals surface area contributed by atoms with Gasteiger partial charge in [0.25, 0.3) is 5.91 Å². The number of nitrogens with one attached hydrogen (secondary N) is 1. The maximum atomic E-state index is 13.1. The van der Waals surface area contributed by atoms with E-state index in [-0.39, 0.29) is 17.3 Å². The van der Waals surface area contributed by atoms with Crippen molar-refractivity contribution < 1.29 is 18.0 Å². The smallest absolute Gasteiger partial charge is 0.397 e. The largest absolute Gasteiger partial charge is 0.417 e. The van der Waals surface area contributed by atoms with Crippen molar-refractivity contribution in [3.8, 4) is 0 Å². The molecule has 2 heterocycles. The fraction of sp³-hybridized carbons (Fsp3) is 0.348. The van der Waals surface area contributed by atoms with Gasteiger partial charge in [-0.1, -0.05) is 18.9 Å². The predicted molar refractivity (Wildman–Crippen MR) is 112 cm³/mol. The molecule has 8 heteroatoms. The Labute approximate surface area is 177 Å². The van der Waals surface area contributed by atoms with Crippen LogP contribution in [-0.2, 0) is 11.7 Å². The second kappa shape index (κ2) is 7.83. The number of rotatable bonds is 6. The Balaban J connectivity index is 1.65. The third-order valence-corrected chi connectivity index (χ3v) is 5.77. The highest BCUT2D eigenvalue weighted by Gasteiger charge is 2.37. The number of fused-ring (bicyclic) bond motifs is 1. The normalized spacial score (nSPS) is 16.1. The highest BCUT2D eigenvalue weighted by Crippen LogP contribution is 2.40. The minimum absolute atomic E-state index is 0.0869. The summed E-state index contributed by atoms with van der Waals surface area (Å²) >= 11 is 0. The Kier molecular flexibility index (Phi) is 5.33. The lowest BCUT2D eigenvalue weighted by molar-refractivity contribution is -0.137. The van der Waals surface area contributed by atoms with Gasteiger partial charge in [0.2, 0.25) is 0 Å². The van der Waals surface area contributed by atoms with Gasteiger partial charge in [-0.3, -0.25) is 14.8 Å². The van der Waals surface area contributed by atoms with E-state index in [1.165, 1.54) is 0 Å². The van der Waals surface area contributed by atoms with E-state index in [2.05, 4.69) is 15.3 Å². The number of alkyl halides is 3. The second-order valence-electron chi connectivity index (χ2n) is 8.34. The van der Waals surface area contributed by atoms with E-state index in [0.29, 0.717) is 17.9 Å². The standard InChI is InChI=1S/C23H23F3N4O/c1-22(9-8-14-4-5-14,20-18(27)12-17(13-29-20)23(24,25)26)30-21(31)16-6-7-19-15(11-16)3-2-10-28-19/h2-3,6-7,10-14H,4-5,8-9,27H2,1H3,(H,30,31). The van der Waals surface area contributed by atoms with Gasteiger partial charge in [-0.15, -0.1) is 0 Å². The molecule has 1 aliphatic carbocycles. The molecular weight excluding hydrogens is 405 g/mol. The zero-order chi connectivity index (χ0) is 22.2. The van der Waals surface area contributed by atoms with Crippen LogP contribution in [0, 0.1) is 5.92 Å². The lowest BCUT2D eigenvalue weighted by atomic mass is 9.88. The van der Waals surface area contributed by atoms with E-state index in [4.69, 9.17) is 5.73 Å². The lowest BCUT2D eigenvalue weighted by Crippen LogP contribution is -2.44. The summed E-state index contributed by atoms with van der Waals surface area (Å²) in [7, 11) is 0. The van der Waals surface area contributed by atoms with Crippen LogP contribution in [0.3, 0.4) is 0 Å². The van der Waals surface area contributed by atoms with Crippen LogP contribution in [-0.4, -0.2) is 15.9 Å². The minimum atomic E-state index is -4.54. The molecule has 3 N–H and O–H groups in total. The summed E-state index contributed by atoms with van der Waals surface area (Å²) in [5.74, 6) is 0.226. The zero-order valence-corrected chi connectivity index (χ0v) is 17.0. The highest BCUT2D eigenvalue weighted by atomic mass is 19.4. The van der Waals surface area contributed by atoms with E-state index in [9.17, 15) is 18.0 Å². The first kappa shape index (κ1) is 21.1. The fourth-order valence-corrected chi connectivity index (χ4v) is 3.78. The number of hydrogen-bond donors (Lipinski definition) is 2. The Morgan fingerprint density at radius 3 is 2.65 bits per heavy atom. The van der Waals surface area contributed by atoms with Gasteiger partial charge in [-0.05, 0) is 56.0 Å². The third kappa shape index (κ3) is 4.62. The molecule has 5 nitrogen and oxygen atoms in total. The number of pyridine rings is 2. The quantitative estimate of drug-likeness (QED) is 0.575. The highest BCUT2D eigenvalue weighted by molar-refractivity contribution is 5.98. The Morgan fingerprint density at radius 2 is 1.97 bits per heavy atom. The molecule has 0 saturated heterocycles. The number of carbonyl (C=O) groups is 1. The van der Waals surface area contributed by atoms with Crippen molar-refractivity contribution in [1.82, 2.24) is 15.3 Å². The number of aromatic nitrogens is 2. The number of benzene rings is 1. The van der Waals surface area contributed by atoms with Gasteiger partial charge >= 0.3 is 6.18 Å². The minimum Gasteiger partial charge on any atom is -0.397 e. The van der Waals surface area contributed by atoms with Crippen molar-refractivity contribution in [3.63, 3.8) is 0 Å². The summed E-state index contributed by atoms with van der Waals surface area (Å²) in [5.41, 5.74) is 5.44. The number of nitrogens with two attached hydrogens (primary N) is 1. The fourth-order valence-electron chi connectivity index (χ4n) is 3.78. The molecular formula is C23H23F3N4O. The maximum Gasteiger partial charge on any atom is 0.417 e. The van der Waals surface area contributed by atoms with Gasteiger partial charge in [0, 0.05) is 23.3 Å². The van der Waals surface area contributed by atoms with Gasteiger partial charge in [0.1, 0.15) is 0 Å². The number of nitrogens with zero attached hydrogens (tertiary/aromatic N) is 2. The van der Waals surface area contributed by atoms with Crippen molar-refractivity contribution >= 4 is 22.5 Å². The van der Waals surface area contributed by atoms with E-state index < -0.39 is 17.3 Å². The van der Waals surface area contributed by atoms with Crippen molar-refractivity contribution in [1.29, 1.82) is 0 Å². The molecule has 162 valence electrons. The third-order valence-electron chi connectivity index (χ3n) is 5.77. The summed E-state index contributed by atoms with van der Waals surface area (Å²) in [6.45, 7) is 1.77. The van der Waals surface area contributed by atoms with Gasteiger partial charge in [0.15, 0.2) is 0 Å². The molecule has 3 aromatic rings. The van der Waals surface area contributed by atoms with Crippen LogP contribution >= 0.6 is 0 Å². The maximum absolute atomic E-state index is 13.1. The molecule has 2 aromatic heterocycles. The molecule has 1 aliphatic rings. The van der Waals surface area contributed by atoms with Gasteiger partial charge in [-0.25, -0.2) is 0 Å². The van der Waals surface area contributed by atoms with Crippen LogP contribution in [0.2, 0.25) is 0 Å². The molecule has 0 bridgehead atoms. The number of amides is 1. The molecule has 31 heavy (non-hydrogen) atoms. The van der Waals surface area contributed by atoms with E-state index in [1.807, 2.05) is 6.07 Å². The summed E-state index contributed by atoms with van der Waals surface area (Å²) < 4.78 is 39.1. The molecule has 1 unspecified atom stereocenters. The average Bonchev–Trinajstić information content (AvgIpc) is 3.55. The van der Waals surface area contributed by atoms with Gasteiger partial charge < -0.3 is 11.1 Å². The molecule has 0 aliphatic heterocycles. The van der Waals surface area contributed by atoms with Crippen LogP contribution in [0.5, 0.6) is 0 Å². The van der Waals surface area contributed by atoms with Crippen molar-refractivity contribution in [2.24, 2.45) is 5.92 Å². The monoisotopic (exact) mass is 428 g/mol. The molecule has 4 rings (SSSR count). The molecule has 0 spiro atoms. The summed E-state index contributed by atoms with van der Waals surface area (Å²) in [5, 5.41) is 3.81. The van der Waals surface area contributed by atoms with E-state index >= 15 is 0 Å². The summed E-state index contributed by atoms with van der Waals surface area (Å²) in [6.07, 6.45) is 1.52. The molecule has 0 radical (unpaired) electrons. The molecule has 1 aromatic carbocycles. The molecule has 1 amide bonds. The Bertz CT molecular complexity index is 1130. The first-order valence-electron chi connectivity index (χ1n) is 10.2. The zero-order valence-electron chi connectivity index (χ0n) is 17.0. The summed E-state index contributed by atoms with van der Waals surface area (Å²) in [4.78, 5) is 21.4. The number of anilines is 1. The van der Waals surface area contributed by atoms with Gasteiger partial charge in [-0.2, -0.15) is 13.2 Å². The number of carbonyl (C=O) groups excluding carboxylic acids is 1. The van der Waals surface area contributed by atoms with Crippen LogP contribution < -0.4 is 11.1 Å². The average molecular weight is 428 g/mol. The molecule has 1 fully saturated rings. The van der Waals surface area contributed by atoms with Crippen molar-refractivity contribution in [2.45, 2.75) is 44.3 Å². The van der Waals surface area contributed by atoms with E-state index in [1.54, 1.807) is 37.4 Å². The SMILES string of the molecule is CC(CCC1CC1)(NC(=O)c1ccc2ncccc2c1)c1ncc(C(F)(F)F)cc1N. The van der Waals surface area contributed by atoms with Crippen molar-refractivity contribution in [2.75, 3.05) is 5.73 Å². The van der Waals surface area contributed by atoms with Crippen molar-refractivity contribution in [3.05, 3.63) is 65.6 Å². The number of nitrogen functional groups attached to an aromatic ring is 1. The van der Waals surface area contributed by atoms with E-state index in [0.717, 1.165) is 42.4 Å². The molecule has 1 atom stereocenters. The van der Waals surface area contributed by atoms with Crippen LogP contribution in [0.25, 0.3) is 10.9 Å². The Hall–Kier alpha value is -3.16. The Morgan fingerprint density at radius 1 is 1.19 bits per heavy atom. The first-order valence-corrected chi connectivity index (χ1v) is 10.2. The molecule has 1 saturated carbocycles. The lowest BCUT2D eigenvalue weighted by Gasteiger charge is -2.32. The number of hydrogen-bond acceptors (Lipinski definition) is 4. The summed E-state index contributed by atoms with van der Waals surface area (Å²) in [6, 6.07) is 9.71. The van der Waals surface area contributed by atoms with Gasteiger partial charge in [0.05, 0.1) is 28.0 Å². The topological polar surface area (TPSA) is 80.9 Å².